The van der Waals surface area contributed by atoms with Gasteiger partial charge in [0.2, 0.25) is 5.91 Å². The van der Waals surface area contributed by atoms with Crippen LogP contribution in [0.1, 0.15) is 27.1 Å². The summed E-state index contributed by atoms with van der Waals surface area (Å²) in [6.45, 7) is -0.786. The van der Waals surface area contributed by atoms with Gasteiger partial charge in [0.1, 0.15) is 11.5 Å². The first-order chi connectivity index (χ1) is 16.8. The van der Waals surface area contributed by atoms with Crippen LogP contribution in [0.3, 0.4) is 0 Å². The first-order valence-corrected chi connectivity index (χ1v) is 10.5. The fourth-order valence-electron chi connectivity index (χ4n) is 3.18. The number of carbonyl (C=O) groups is 5. The van der Waals surface area contributed by atoms with Crippen molar-refractivity contribution in [2.45, 2.75) is 6.42 Å². The molecule has 12 heteroatoms. The van der Waals surface area contributed by atoms with Crippen molar-refractivity contribution in [3.8, 4) is 11.5 Å². The summed E-state index contributed by atoms with van der Waals surface area (Å²) in [6.07, 6.45) is -0.201. The smallest absolute Gasteiger partial charge is 0.311 e. The van der Waals surface area contributed by atoms with Gasteiger partial charge in [-0.1, -0.05) is 18.2 Å². The van der Waals surface area contributed by atoms with Crippen LogP contribution in [0.15, 0.2) is 48.5 Å². The molecule has 3 rings (SSSR count). The molecule has 0 saturated carbocycles. The second kappa shape index (κ2) is 11.5. The summed E-state index contributed by atoms with van der Waals surface area (Å²) in [6, 6.07) is 12.7. The third-order valence-electron chi connectivity index (χ3n) is 5.01. The Balaban J connectivity index is 1.46. The number of rotatable bonds is 8. The zero-order valence-corrected chi connectivity index (χ0v) is 19.0. The maximum atomic E-state index is 12.6. The van der Waals surface area contributed by atoms with Gasteiger partial charge in [-0.3, -0.25) is 45.3 Å². The van der Waals surface area contributed by atoms with Crippen LogP contribution in [0, 0.1) is 5.92 Å². The summed E-state index contributed by atoms with van der Waals surface area (Å²) < 4.78 is 15.2. The summed E-state index contributed by atoms with van der Waals surface area (Å²) in [7, 11) is 2.88. The quantitative estimate of drug-likeness (QED) is 0.355. The van der Waals surface area contributed by atoms with E-state index < -0.39 is 42.1 Å². The molecule has 4 amide bonds. The van der Waals surface area contributed by atoms with Crippen molar-refractivity contribution in [1.82, 2.24) is 21.3 Å². The average Bonchev–Trinajstić information content (AvgIpc) is 3.25. The minimum absolute atomic E-state index is 0.128. The molecule has 1 aliphatic rings. The highest BCUT2D eigenvalue weighted by atomic mass is 16.5. The molecule has 0 aliphatic carbocycles. The maximum absolute atomic E-state index is 12.6. The van der Waals surface area contributed by atoms with E-state index in [4.69, 9.17) is 14.2 Å². The number of nitrogens with one attached hydrogen (secondary N) is 3. The predicted octanol–water partition coefficient (Wildman–Crippen LogP) is 0.202. The molecule has 0 radical (unpaired) electrons. The molecule has 184 valence electrons. The highest BCUT2D eigenvalue weighted by Crippen LogP contribution is 2.23. The molecular weight excluding hydrogens is 460 g/mol. The molecule has 1 aliphatic heterocycles. The van der Waals surface area contributed by atoms with Crippen molar-refractivity contribution in [2.24, 2.45) is 5.92 Å². The average molecular weight is 484 g/mol. The predicted molar refractivity (Wildman–Crippen MR) is 120 cm³/mol. The molecule has 0 aromatic heterocycles. The van der Waals surface area contributed by atoms with Crippen LogP contribution in [0.5, 0.6) is 11.5 Å². The van der Waals surface area contributed by atoms with Gasteiger partial charge in [-0.2, -0.15) is 0 Å². The van der Waals surface area contributed by atoms with Crippen LogP contribution in [-0.4, -0.2) is 62.0 Å². The first kappa shape index (κ1) is 25.0. The van der Waals surface area contributed by atoms with Gasteiger partial charge in [0.05, 0.1) is 26.7 Å². The maximum Gasteiger partial charge on any atom is 0.311 e. The first-order valence-electron chi connectivity index (χ1n) is 10.5. The number of esters is 1. The molecular formula is C23H24N4O8. The van der Waals surface area contributed by atoms with Crippen LogP contribution in [-0.2, 0) is 19.1 Å². The fraction of sp³-hybridized carbons (Fsp3) is 0.261. The Morgan fingerprint density at radius 1 is 0.914 bits per heavy atom. The molecule has 0 unspecified atom stereocenters. The lowest BCUT2D eigenvalue weighted by Crippen LogP contribution is -2.44. The number of hydrogen-bond acceptors (Lipinski definition) is 8. The molecule has 1 atom stereocenters. The summed E-state index contributed by atoms with van der Waals surface area (Å²) in [5, 5.41) is 1.01. The second-order valence-corrected chi connectivity index (χ2v) is 7.42. The second-order valence-electron chi connectivity index (χ2n) is 7.42. The standard InChI is InChI=1S/C23H24N4O8/c1-33-17-8-15(9-18(11-17)34-2)22(31)26-27-12-16(10-20(27)29)23(32)35-13-19(28)24-25-21(30)14-6-4-3-5-7-14/h3-9,11,16H,10,12-13H2,1-2H3,(H,24,28)(H,25,30)(H,26,31)/t16-/m1/s1. The van der Waals surface area contributed by atoms with E-state index in [-0.39, 0.29) is 18.5 Å². The van der Waals surface area contributed by atoms with Gasteiger partial charge in [-0.05, 0) is 24.3 Å². The van der Waals surface area contributed by atoms with Crippen molar-refractivity contribution in [2.75, 3.05) is 27.4 Å². The molecule has 1 heterocycles. The van der Waals surface area contributed by atoms with E-state index >= 15 is 0 Å². The Labute approximate surface area is 200 Å². The molecule has 2 aromatic rings. The number of carbonyl (C=O) groups excluding carboxylic acids is 5. The lowest BCUT2D eigenvalue weighted by molar-refractivity contribution is -0.152. The topological polar surface area (TPSA) is 152 Å². The third-order valence-corrected chi connectivity index (χ3v) is 5.01. The number of nitrogens with zero attached hydrogens (tertiary/aromatic N) is 1. The van der Waals surface area contributed by atoms with Crippen molar-refractivity contribution < 1.29 is 38.2 Å². The minimum Gasteiger partial charge on any atom is -0.497 e. The van der Waals surface area contributed by atoms with E-state index in [1.54, 1.807) is 36.4 Å². The van der Waals surface area contributed by atoms with Gasteiger partial charge >= 0.3 is 5.97 Å². The largest absolute Gasteiger partial charge is 0.497 e. The Morgan fingerprint density at radius 3 is 2.20 bits per heavy atom. The molecule has 0 bridgehead atoms. The van der Waals surface area contributed by atoms with Crippen LogP contribution >= 0.6 is 0 Å². The molecule has 0 spiro atoms. The third kappa shape index (κ3) is 6.69. The Bertz CT molecular complexity index is 1100. The van der Waals surface area contributed by atoms with Crippen molar-refractivity contribution in [1.29, 1.82) is 0 Å². The van der Waals surface area contributed by atoms with Gasteiger partial charge in [0.15, 0.2) is 6.61 Å². The van der Waals surface area contributed by atoms with Gasteiger partial charge in [-0.25, -0.2) is 0 Å². The zero-order valence-electron chi connectivity index (χ0n) is 19.0. The highest BCUT2D eigenvalue weighted by molar-refractivity contribution is 5.97. The van der Waals surface area contributed by atoms with E-state index in [0.717, 1.165) is 5.01 Å². The summed E-state index contributed by atoms with van der Waals surface area (Å²) in [4.78, 5) is 61.0. The molecule has 1 saturated heterocycles. The Morgan fingerprint density at radius 2 is 1.57 bits per heavy atom. The van der Waals surface area contributed by atoms with Crippen molar-refractivity contribution in [3.63, 3.8) is 0 Å². The van der Waals surface area contributed by atoms with E-state index in [1.165, 1.54) is 26.4 Å². The number of amides is 4. The molecule has 35 heavy (non-hydrogen) atoms. The van der Waals surface area contributed by atoms with E-state index in [9.17, 15) is 24.0 Å². The Hall–Kier alpha value is -4.61. The lowest BCUT2D eigenvalue weighted by atomic mass is 10.1. The van der Waals surface area contributed by atoms with Gasteiger partial charge < -0.3 is 14.2 Å². The zero-order chi connectivity index (χ0) is 25.4. The molecule has 2 aromatic carbocycles. The fourth-order valence-corrected chi connectivity index (χ4v) is 3.18. The van der Waals surface area contributed by atoms with E-state index in [2.05, 4.69) is 16.3 Å². The SMILES string of the molecule is COc1cc(OC)cc(C(=O)NN2C[C@H](C(=O)OCC(=O)NNC(=O)c3ccccc3)CC2=O)c1. The normalized spacial score (nSPS) is 14.6. The summed E-state index contributed by atoms with van der Waals surface area (Å²) in [5.74, 6) is -3.27. The van der Waals surface area contributed by atoms with Crippen molar-refractivity contribution in [3.05, 3.63) is 59.7 Å². The van der Waals surface area contributed by atoms with Crippen LogP contribution < -0.4 is 25.8 Å². The van der Waals surface area contributed by atoms with Crippen LogP contribution in [0.4, 0.5) is 0 Å². The van der Waals surface area contributed by atoms with Crippen LogP contribution in [0.25, 0.3) is 0 Å². The van der Waals surface area contributed by atoms with Gasteiger partial charge in [0.25, 0.3) is 17.7 Å². The number of ether oxygens (including phenoxy) is 3. The number of hydrogen-bond donors (Lipinski definition) is 3. The molecule has 3 N–H and O–H groups in total. The van der Waals surface area contributed by atoms with Crippen LogP contribution in [0.2, 0.25) is 0 Å². The van der Waals surface area contributed by atoms with Gasteiger partial charge in [0, 0.05) is 23.6 Å². The van der Waals surface area contributed by atoms with Gasteiger partial charge in [-0.15, -0.1) is 0 Å². The minimum atomic E-state index is -0.880. The van der Waals surface area contributed by atoms with E-state index in [0.29, 0.717) is 17.1 Å². The monoisotopic (exact) mass is 484 g/mol. The number of methoxy groups -OCH3 is 2. The number of hydrazine groups is 2. The number of benzene rings is 2. The van der Waals surface area contributed by atoms with E-state index in [1.807, 2.05) is 0 Å². The Kier molecular flexibility index (Phi) is 8.22. The van der Waals surface area contributed by atoms with Crippen molar-refractivity contribution >= 4 is 29.6 Å². The lowest BCUT2D eigenvalue weighted by Gasteiger charge is -2.18. The summed E-state index contributed by atoms with van der Waals surface area (Å²) in [5.41, 5.74) is 7.31. The molecule has 12 nitrogen and oxygen atoms in total. The molecule has 1 fully saturated rings. The summed E-state index contributed by atoms with van der Waals surface area (Å²) >= 11 is 0. The highest BCUT2D eigenvalue weighted by Gasteiger charge is 2.36.